The average molecular weight is 434 g/mol. The highest BCUT2D eigenvalue weighted by Gasteiger charge is 2.21. The van der Waals surface area contributed by atoms with E-state index in [2.05, 4.69) is 59.2 Å². The van der Waals surface area contributed by atoms with Gasteiger partial charge >= 0.3 is 0 Å². The molecule has 1 aliphatic heterocycles. The standard InChI is InChI=1S/C24H43N5O2/c1-6-28(7-2)12-15-31-23-11-9-8-10-21(23)16-26-24(25-5)27-17-22-19-29(13-14-30-22)18-20(3)4/h8-11,20,22H,6-7,12-19H2,1-5H3,(H2,25,26,27). The van der Waals surface area contributed by atoms with Crippen LogP contribution in [0.2, 0.25) is 0 Å². The fraction of sp³-hybridized carbons (Fsp3) is 0.708. The van der Waals surface area contributed by atoms with E-state index in [0.717, 1.165) is 69.7 Å². The smallest absolute Gasteiger partial charge is 0.191 e. The molecule has 0 radical (unpaired) electrons. The number of aliphatic imine (C=N–C) groups is 1. The van der Waals surface area contributed by atoms with E-state index in [9.17, 15) is 0 Å². The van der Waals surface area contributed by atoms with E-state index >= 15 is 0 Å². The van der Waals surface area contributed by atoms with Gasteiger partial charge in [-0.2, -0.15) is 0 Å². The molecule has 1 aromatic carbocycles. The summed E-state index contributed by atoms with van der Waals surface area (Å²) >= 11 is 0. The number of nitrogens with one attached hydrogen (secondary N) is 2. The molecule has 0 spiro atoms. The number of hydrogen-bond donors (Lipinski definition) is 2. The summed E-state index contributed by atoms with van der Waals surface area (Å²) in [4.78, 5) is 9.22. The van der Waals surface area contributed by atoms with Crippen LogP contribution in [-0.4, -0.2) is 87.9 Å². The Kier molecular flexibility index (Phi) is 11.7. The first-order valence-electron chi connectivity index (χ1n) is 11.8. The topological polar surface area (TPSA) is 61.4 Å². The number of benzene rings is 1. The molecular weight excluding hydrogens is 390 g/mol. The first-order chi connectivity index (χ1) is 15.0. The molecule has 2 N–H and O–H groups in total. The Labute approximate surface area is 189 Å². The lowest BCUT2D eigenvalue weighted by atomic mass is 10.2. The Morgan fingerprint density at radius 1 is 1.26 bits per heavy atom. The Balaban J connectivity index is 1.79. The highest BCUT2D eigenvalue weighted by molar-refractivity contribution is 5.79. The van der Waals surface area contributed by atoms with Crippen molar-refractivity contribution in [2.24, 2.45) is 10.9 Å². The molecule has 1 aromatic rings. The van der Waals surface area contributed by atoms with Crippen LogP contribution < -0.4 is 15.4 Å². The van der Waals surface area contributed by atoms with Crippen molar-refractivity contribution >= 4 is 5.96 Å². The van der Waals surface area contributed by atoms with E-state index in [1.165, 1.54) is 0 Å². The summed E-state index contributed by atoms with van der Waals surface area (Å²) in [5.41, 5.74) is 1.13. The fourth-order valence-electron chi connectivity index (χ4n) is 3.81. The Bertz CT molecular complexity index is 649. The van der Waals surface area contributed by atoms with Crippen molar-refractivity contribution in [2.45, 2.75) is 40.3 Å². The Hall–Kier alpha value is -1.83. The first kappa shape index (κ1) is 25.4. The molecule has 1 aliphatic rings. The summed E-state index contributed by atoms with van der Waals surface area (Å²) in [6.07, 6.45) is 0.182. The third-order valence-corrected chi connectivity index (χ3v) is 5.55. The quantitative estimate of drug-likeness (QED) is 0.390. The number of nitrogens with zero attached hydrogens (tertiary/aromatic N) is 3. The van der Waals surface area contributed by atoms with Crippen LogP contribution in [0.1, 0.15) is 33.3 Å². The minimum absolute atomic E-state index is 0.182. The lowest BCUT2D eigenvalue weighted by Gasteiger charge is -2.34. The van der Waals surface area contributed by atoms with Gasteiger partial charge in [-0.3, -0.25) is 9.89 Å². The van der Waals surface area contributed by atoms with Crippen LogP contribution in [0.4, 0.5) is 0 Å². The Morgan fingerprint density at radius 2 is 2.03 bits per heavy atom. The second kappa shape index (κ2) is 14.3. The second-order valence-electron chi connectivity index (χ2n) is 8.44. The maximum atomic E-state index is 6.07. The molecule has 0 amide bonds. The lowest BCUT2D eigenvalue weighted by molar-refractivity contribution is -0.0284. The molecule has 176 valence electrons. The molecule has 1 saturated heterocycles. The van der Waals surface area contributed by atoms with Gasteiger partial charge in [-0.1, -0.05) is 45.9 Å². The molecule has 31 heavy (non-hydrogen) atoms. The van der Waals surface area contributed by atoms with Crippen molar-refractivity contribution in [3.63, 3.8) is 0 Å². The number of likely N-dealkylation sites (N-methyl/N-ethyl adjacent to an activating group) is 1. The number of para-hydroxylation sites is 1. The van der Waals surface area contributed by atoms with E-state index in [1.807, 2.05) is 18.2 Å². The first-order valence-corrected chi connectivity index (χ1v) is 11.8. The molecule has 1 atom stereocenters. The molecule has 7 nitrogen and oxygen atoms in total. The van der Waals surface area contributed by atoms with Gasteiger partial charge in [-0.15, -0.1) is 0 Å². The van der Waals surface area contributed by atoms with E-state index in [1.54, 1.807) is 7.05 Å². The molecule has 0 aromatic heterocycles. The second-order valence-corrected chi connectivity index (χ2v) is 8.44. The van der Waals surface area contributed by atoms with Gasteiger partial charge in [0.1, 0.15) is 12.4 Å². The van der Waals surface area contributed by atoms with Crippen molar-refractivity contribution in [1.82, 2.24) is 20.4 Å². The van der Waals surface area contributed by atoms with E-state index in [4.69, 9.17) is 9.47 Å². The summed E-state index contributed by atoms with van der Waals surface area (Å²) in [6, 6.07) is 8.20. The molecular formula is C24H43N5O2. The average Bonchev–Trinajstić information content (AvgIpc) is 2.77. The zero-order valence-electron chi connectivity index (χ0n) is 20.2. The molecule has 1 fully saturated rings. The summed E-state index contributed by atoms with van der Waals surface area (Å²) in [5.74, 6) is 2.38. The molecule has 2 rings (SSSR count). The largest absolute Gasteiger partial charge is 0.492 e. The highest BCUT2D eigenvalue weighted by atomic mass is 16.5. The summed E-state index contributed by atoms with van der Waals surface area (Å²) in [7, 11) is 1.80. The van der Waals surface area contributed by atoms with Crippen LogP contribution >= 0.6 is 0 Å². The van der Waals surface area contributed by atoms with E-state index < -0.39 is 0 Å². The molecule has 0 saturated carbocycles. The molecule has 0 aliphatic carbocycles. The van der Waals surface area contributed by atoms with Crippen LogP contribution in [0.15, 0.2) is 29.3 Å². The number of guanidine groups is 1. The van der Waals surface area contributed by atoms with Crippen molar-refractivity contribution in [3.05, 3.63) is 29.8 Å². The lowest BCUT2D eigenvalue weighted by Crippen LogP contribution is -2.50. The minimum Gasteiger partial charge on any atom is -0.492 e. The Morgan fingerprint density at radius 3 is 2.74 bits per heavy atom. The van der Waals surface area contributed by atoms with Gasteiger partial charge in [-0.05, 0) is 25.1 Å². The summed E-state index contributed by atoms with van der Waals surface area (Å²) in [6.45, 7) is 17.9. The van der Waals surface area contributed by atoms with Gasteiger partial charge in [0, 0.05) is 51.9 Å². The predicted molar refractivity (Wildman–Crippen MR) is 129 cm³/mol. The maximum Gasteiger partial charge on any atom is 0.191 e. The van der Waals surface area contributed by atoms with E-state index in [-0.39, 0.29) is 6.10 Å². The molecule has 0 bridgehead atoms. The van der Waals surface area contributed by atoms with E-state index in [0.29, 0.717) is 19.1 Å². The third kappa shape index (κ3) is 9.46. The van der Waals surface area contributed by atoms with Crippen molar-refractivity contribution in [2.75, 3.05) is 66.1 Å². The van der Waals surface area contributed by atoms with Gasteiger partial charge < -0.3 is 25.0 Å². The molecule has 7 heteroatoms. The van der Waals surface area contributed by atoms with Gasteiger partial charge in [0.05, 0.1) is 12.7 Å². The normalized spacial score (nSPS) is 17.9. The van der Waals surface area contributed by atoms with Crippen LogP contribution in [-0.2, 0) is 11.3 Å². The third-order valence-electron chi connectivity index (χ3n) is 5.55. The van der Waals surface area contributed by atoms with Crippen molar-refractivity contribution < 1.29 is 9.47 Å². The molecule has 1 unspecified atom stereocenters. The number of ether oxygens (including phenoxy) is 2. The van der Waals surface area contributed by atoms with Crippen LogP contribution in [0, 0.1) is 5.92 Å². The number of rotatable bonds is 12. The van der Waals surface area contributed by atoms with Gasteiger partial charge in [-0.25, -0.2) is 0 Å². The van der Waals surface area contributed by atoms with Crippen molar-refractivity contribution in [3.8, 4) is 5.75 Å². The van der Waals surface area contributed by atoms with Crippen LogP contribution in [0.5, 0.6) is 5.75 Å². The van der Waals surface area contributed by atoms with Gasteiger partial charge in [0.15, 0.2) is 5.96 Å². The predicted octanol–water partition coefficient (Wildman–Crippen LogP) is 2.43. The maximum absolute atomic E-state index is 6.07. The zero-order valence-corrected chi connectivity index (χ0v) is 20.2. The van der Waals surface area contributed by atoms with Crippen LogP contribution in [0.3, 0.4) is 0 Å². The summed E-state index contributed by atoms with van der Waals surface area (Å²) in [5, 5.41) is 6.83. The number of morpholine rings is 1. The van der Waals surface area contributed by atoms with Gasteiger partial charge in [0.25, 0.3) is 0 Å². The van der Waals surface area contributed by atoms with Crippen LogP contribution in [0.25, 0.3) is 0 Å². The summed E-state index contributed by atoms with van der Waals surface area (Å²) < 4.78 is 12.0. The minimum atomic E-state index is 0.182. The molecule has 1 heterocycles. The monoisotopic (exact) mass is 433 g/mol. The number of hydrogen-bond acceptors (Lipinski definition) is 5. The SMILES string of the molecule is CCN(CC)CCOc1ccccc1CNC(=NC)NCC1CN(CC(C)C)CCO1. The highest BCUT2D eigenvalue weighted by Crippen LogP contribution is 2.17. The fourth-order valence-corrected chi connectivity index (χ4v) is 3.81. The zero-order chi connectivity index (χ0) is 22.5. The van der Waals surface area contributed by atoms with Gasteiger partial charge in [0.2, 0.25) is 0 Å². The van der Waals surface area contributed by atoms with Crippen molar-refractivity contribution in [1.29, 1.82) is 0 Å².